The molecule has 4 aliphatic carbocycles. The Bertz CT molecular complexity index is 1410. The molecule has 0 aromatic carbocycles. The summed E-state index contributed by atoms with van der Waals surface area (Å²) >= 11 is 0. The molecule has 13 heteroatoms. The minimum Gasteiger partial charge on any atom is -0.490 e. The van der Waals surface area contributed by atoms with E-state index in [2.05, 4.69) is 20.4 Å². The molecule has 3 saturated heterocycles. The van der Waals surface area contributed by atoms with Crippen LogP contribution in [0, 0.1) is 34.5 Å². The lowest BCUT2D eigenvalue weighted by Gasteiger charge is -2.65. The van der Waals surface area contributed by atoms with Gasteiger partial charge in [-0.15, -0.1) is 0 Å². The van der Waals surface area contributed by atoms with Crippen LogP contribution in [0.5, 0.6) is 0 Å². The predicted molar refractivity (Wildman–Crippen MR) is 197 cm³/mol. The topological polar surface area (TPSA) is 186 Å². The van der Waals surface area contributed by atoms with Crippen molar-refractivity contribution in [3.8, 4) is 0 Å². The summed E-state index contributed by atoms with van der Waals surface area (Å²) in [7, 11) is 0. The maximum absolute atomic E-state index is 12.6. The normalized spacial score (nSPS) is 55.5. The molecule has 8 aliphatic rings. The van der Waals surface area contributed by atoms with Gasteiger partial charge in [0.15, 0.2) is 18.9 Å². The number of rotatable bonds is 7. The maximum Gasteiger partial charge on any atom is 0.161 e. The van der Waals surface area contributed by atoms with Crippen molar-refractivity contribution in [2.75, 3.05) is 6.61 Å². The monoisotopic (exact) mass is 778 g/mol. The first-order chi connectivity index (χ1) is 26.0. The molecular weight excluding hydrogens is 712 g/mol. The smallest absolute Gasteiger partial charge is 0.161 e. The molecule has 0 spiro atoms. The summed E-state index contributed by atoms with van der Waals surface area (Å²) in [6, 6.07) is 0. The van der Waals surface area contributed by atoms with Crippen LogP contribution in [-0.4, -0.2) is 129 Å². The Morgan fingerprint density at radius 1 is 0.691 bits per heavy atom. The summed E-state index contributed by atoms with van der Waals surface area (Å²) in [6.07, 6.45) is -0.384. The molecule has 4 saturated carbocycles. The van der Waals surface area contributed by atoms with Gasteiger partial charge in [0.05, 0.1) is 54.4 Å². The molecular formula is C42H66O13. The second-order valence-electron chi connectivity index (χ2n) is 19.0. The van der Waals surface area contributed by atoms with Gasteiger partial charge >= 0.3 is 0 Å². The summed E-state index contributed by atoms with van der Waals surface area (Å²) in [4.78, 5) is 0. The van der Waals surface area contributed by atoms with Gasteiger partial charge < -0.3 is 63.8 Å². The number of ether oxygens (including phenoxy) is 7. The molecule has 21 atom stereocenters. The van der Waals surface area contributed by atoms with Crippen LogP contribution in [0.4, 0.5) is 0 Å². The average molecular weight is 779 g/mol. The maximum atomic E-state index is 12.6. The van der Waals surface area contributed by atoms with Crippen molar-refractivity contribution in [2.45, 2.75) is 197 Å². The van der Waals surface area contributed by atoms with Gasteiger partial charge in [0.1, 0.15) is 30.7 Å². The van der Waals surface area contributed by atoms with E-state index in [1.54, 1.807) is 13.8 Å². The fourth-order valence-electron chi connectivity index (χ4n) is 12.8. The zero-order valence-electron chi connectivity index (χ0n) is 33.2. The molecule has 4 heterocycles. The molecule has 21 unspecified atom stereocenters. The largest absolute Gasteiger partial charge is 0.490 e. The zero-order chi connectivity index (χ0) is 39.2. The highest BCUT2D eigenvalue weighted by Crippen LogP contribution is 2.70. The van der Waals surface area contributed by atoms with Crippen LogP contribution < -0.4 is 0 Å². The van der Waals surface area contributed by atoms with E-state index < -0.39 is 90.9 Å². The first-order valence-electron chi connectivity index (χ1n) is 21.1. The van der Waals surface area contributed by atoms with Crippen molar-refractivity contribution in [1.82, 2.24) is 0 Å². The predicted octanol–water partition coefficient (Wildman–Crippen LogP) is 3.21. The SMILES string of the molecule is C=C1C=C(C2CCC3(O)C4CCC5CC(OC6CC(O)C(OC7CC(O)C(OC8CC(O)C(O)C(C)O8)C(C)O7)C(C)O6)CCC5(C)C4CC(O)C23C)CO1. The molecule has 0 aromatic heterocycles. The van der Waals surface area contributed by atoms with E-state index in [1.807, 2.05) is 13.0 Å². The minimum absolute atomic E-state index is 0.0144. The van der Waals surface area contributed by atoms with Crippen LogP contribution >= 0.6 is 0 Å². The highest BCUT2D eigenvalue weighted by molar-refractivity contribution is 5.32. The Morgan fingerprint density at radius 2 is 1.29 bits per heavy atom. The van der Waals surface area contributed by atoms with Crippen LogP contribution in [0.2, 0.25) is 0 Å². The first-order valence-corrected chi connectivity index (χ1v) is 21.1. The molecule has 4 aliphatic heterocycles. The van der Waals surface area contributed by atoms with Crippen LogP contribution in [0.25, 0.3) is 0 Å². The second kappa shape index (κ2) is 15.1. The number of fused-ring (bicyclic) bond motifs is 5. The molecule has 312 valence electrons. The third-order valence-electron chi connectivity index (χ3n) is 16.0. The quantitative estimate of drug-likeness (QED) is 0.207. The van der Waals surface area contributed by atoms with Crippen LogP contribution in [0.3, 0.4) is 0 Å². The standard InChI is InChI=1S/C42H66O13/c1-20-13-24(19-49-20)27-10-12-42(48)28-8-7-25-14-26(9-11-40(25,5)29(28)15-33(46)41(27,42)6)53-34-17-31(44)38(22(3)51-34)55-36-18-32(45)39(23(4)52-36)54-35-16-30(43)37(47)21(2)50-35/h13,21-23,25-39,43-48H,1,7-12,14-19H2,2-6H3. The Morgan fingerprint density at radius 3 is 1.87 bits per heavy atom. The fraction of sp³-hybridized carbons (Fsp3) is 0.905. The molecule has 0 amide bonds. The van der Waals surface area contributed by atoms with E-state index in [9.17, 15) is 30.6 Å². The van der Waals surface area contributed by atoms with Gasteiger partial charge in [-0.25, -0.2) is 0 Å². The Kier molecular flexibility index (Phi) is 11.2. The fourth-order valence-corrected chi connectivity index (χ4v) is 12.8. The van der Waals surface area contributed by atoms with E-state index in [4.69, 9.17) is 33.2 Å². The van der Waals surface area contributed by atoms with Gasteiger partial charge in [-0.1, -0.05) is 20.4 Å². The lowest BCUT2D eigenvalue weighted by molar-refractivity contribution is -0.336. The van der Waals surface area contributed by atoms with Gasteiger partial charge in [0.25, 0.3) is 0 Å². The number of allylic oxidation sites excluding steroid dienone is 1. The summed E-state index contributed by atoms with van der Waals surface area (Å²) in [5, 5.41) is 67.0. The Labute approximate surface area is 325 Å². The number of hydrogen-bond acceptors (Lipinski definition) is 13. The van der Waals surface area contributed by atoms with Crippen LogP contribution in [0.1, 0.15) is 105 Å². The van der Waals surface area contributed by atoms with Gasteiger partial charge in [-0.3, -0.25) is 0 Å². The molecule has 13 nitrogen and oxygen atoms in total. The molecule has 0 bridgehead atoms. The number of hydrogen-bond donors (Lipinski definition) is 6. The molecule has 6 N–H and O–H groups in total. The lowest BCUT2D eigenvalue weighted by Crippen LogP contribution is -2.67. The molecule has 55 heavy (non-hydrogen) atoms. The van der Waals surface area contributed by atoms with Crippen molar-refractivity contribution < 1.29 is 63.8 Å². The van der Waals surface area contributed by atoms with Gasteiger partial charge in [-0.2, -0.15) is 0 Å². The van der Waals surface area contributed by atoms with Gasteiger partial charge in [0.2, 0.25) is 0 Å². The first kappa shape index (κ1) is 40.6. The second-order valence-corrected chi connectivity index (χ2v) is 19.0. The molecule has 8 rings (SSSR count). The minimum atomic E-state index is -0.999. The molecule has 0 aromatic rings. The molecule has 7 fully saturated rings. The summed E-state index contributed by atoms with van der Waals surface area (Å²) in [5.74, 6) is 1.51. The van der Waals surface area contributed by atoms with Crippen LogP contribution in [0.15, 0.2) is 24.0 Å². The highest BCUT2D eigenvalue weighted by atomic mass is 16.7. The average Bonchev–Trinajstić information content (AvgIpc) is 3.67. The Balaban J connectivity index is 0.837. The summed E-state index contributed by atoms with van der Waals surface area (Å²) in [6.45, 7) is 14.3. The molecule has 0 radical (unpaired) electrons. The number of aliphatic hydroxyl groups excluding tert-OH is 5. The summed E-state index contributed by atoms with van der Waals surface area (Å²) in [5.41, 5.74) is -0.409. The third-order valence-corrected chi connectivity index (χ3v) is 16.0. The van der Waals surface area contributed by atoms with E-state index in [0.29, 0.717) is 31.1 Å². The van der Waals surface area contributed by atoms with E-state index >= 15 is 0 Å². The summed E-state index contributed by atoms with van der Waals surface area (Å²) < 4.78 is 42.6. The zero-order valence-corrected chi connectivity index (χ0v) is 33.2. The van der Waals surface area contributed by atoms with E-state index in [-0.39, 0.29) is 48.5 Å². The van der Waals surface area contributed by atoms with E-state index in [0.717, 1.165) is 44.1 Å². The Hall–Kier alpha value is -1.20. The van der Waals surface area contributed by atoms with Crippen molar-refractivity contribution >= 4 is 0 Å². The van der Waals surface area contributed by atoms with Crippen molar-refractivity contribution in [2.24, 2.45) is 34.5 Å². The lowest BCUT2D eigenvalue weighted by atomic mass is 9.42. The van der Waals surface area contributed by atoms with Crippen LogP contribution in [-0.2, 0) is 33.2 Å². The van der Waals surface area contributed by atoms with Crippen molar-refractivity contribution in [3.63, 3.8) is 0 Å². The highest BCUT2D eigenvalue weighted by Gasteiger charge is 2.71. The van der Waals surface area contributed by atoms with E-state index in [1.165, 1.54) is 0 Å². The third kappa shape index (κ3) is 6.97. The van der Waals surface area contributed by atoms with Gasteiger partial charge in [0, 0.05) is 24.7 Å². The van der Waals surface area contributed by atoms with Gasteiger partial charge in [-0.05, 0) is 113 Å². The van der Waals surface area contributed by atoms with Crippen molar-refractivity contribution in [3.05, 3.63) is 24.0 Å². The number of aliphatic hydroxyl groups is 6. The van der Waals surface area contributed by atoms with Crippen molar-refractivity contribution in [1.29, 1.82) is 0 Å².